The van der Waals surface area contributed by atoms with E-state index in [2.05, 4.69) is 22.8 Å². The zero-order valence-corrected chi connectivity index (χ0v) is 13.7. The Morgan fingerprint density at radius 1 is 1.38 bits per heavy atom. The maximum Gasteiger partial charge on any atom is 0.242 e. The van der Waals surface area contributed by atoms with Crippen LogP contribution in [0.3, 0.4) is 0 Å². The number of likely N-dealkylation sites (N-methyl/N-ethyl adjacent to an activating group) is 1. The van der Waals surface area contributed by atoms with Gasteiger partial charge in [0, 0.05) is 38.0 Å². The van der Waals surface area contributed by atoms with Crippen molar-refractivity contribution < 1.29 is 9.90 Å². The first-order valence-electron chi connectivity index (χ1n) is 7.14. The van der Waals surface area contributed by atoms with Crippen molar-refractivity contribution in [1.82, 2.24) is 9.80 Å². The van der Waals surface area contributed by atoms with Crippen molar-refractivity contribution >= 4 is 17.2 Å². The third-order valence-electron chi connectivity index (χ3n) is 3.82. The molecule has 1 amide bonds. The minimum atomic E-state index is -0.459. The van der Waals surface area contributed by atoms with Crippen LogP contribution in [0.1, 0.15) is 30.0 Å². The second-order valence-corrected chi connectivity index (χ2v) is 6.92. The highest BCUT2D eigenvalue weighted by Crippen LogP contribution is 2.26. The van der Waals surface area contributed by atoms with E-state index in [-0.39, 0.29) is 12.5 Å². The Hall–Kier alpha value is -1.35. The van der Waals surface area contributed by atoms with E-state index in [4.69, 9.17) is 5.11 Å². The summed E-state index contributed by atoms with van der Waals surface area (Å²) in [5.74, 6) is 6.16. The summed E-state index contributed by atoms with van der Waals surface area (Å²) in [7, 11) is 1.86. The van der Waals surface area contributed by atoms with E-state index in [1.807, 2.05) is 27.0 Å². The number of aliphatic hydroxyl groups is 1. The number of piperazine rings is 1. The van der Waals surface area contributed by atoms with E-state index in [0.717, 1.165) is 24.5 Å². The molecule has 1 N–H and O–H groups in total. The smallest absolute Gasteiger partial charge is 0.242 e. The van der Waals surface area contributed by atoms with Crippen molar-refractivity contribution in [1.29, 1.82) is 0 Å². The Bertz CT molecular complexity index is 568. The summed E-state index contributed by atoms with van der Waals surface area (Å²) in [4.78, 5) is 18.5. The molecule has 2 rings (SSSR count). The molecule has 0 unspecified atom stereocenters. The van der Waals surface area contributed by atoms with Crippen LogP contribution >= 0.6 is 11.3 Å². The first kappa shape index (κ1) is 16.0. The zero-order valence-electron chi connectivity index (χ0n) is 12.8. The molecule has 1 aromatic rings. The first-order valence-corrected chi connectivity index (χ1v) is 7.96. The number of nitrogens with zero attached hydrogens (tertiary/aromatic N) is 2. The molecule has 0 aliphatic carbocycles. The summed E-state index contributed by atoms with van der Waals surface area (Å²) >= 11 is 1.66. The summed E-state index contributed by atoms with van der Waals surface area (Å²) in [6.45, 7) is 6.51. The fraction of sp³-hybridized carbons (Fsp3) is 0.562. The average molecular weight is 306 g/mol. The number of hydrogen-bond acceptors (Lipinski definition) is 4. The summed E-state index contributed by atoms with van der Waals surface area (Å²) < 4.78 is 0. The number of carbonyl (C=O) groups excluding carboxylic acids is 1. The van der Waals surface area contributed by atoms with Crippen molar-refractivity contribution in [2.24, 2.45) is 0 Å². The maximum atomic E-state index is 12.3. The summed E-state index contributed by atoms with van der Waals surface area (Å²) in [5, 5.41) is 8.73. The molecular formula is C16H22N2O2S. The third-order valence-corrected chi connectivity index (χ3v) is 4.81. The minimum Gasteiger partial charge on any atom is -0.395 e. The van der Waals surface area contributed by atoms with Gasteiger partial charge in [-0.15, -0.1) is 11.3 Å². The van der Waals surface area contributed by atoms with Gasteiger partial charge < -0.3 is 10.0 Å². The lowest BCUT2D eigenvalue weighted by Gasteiger charge is -2.44. The molecule has 5 heteroatoms. The Morgan fingerprint density at radius 3 is 2.86 bits per heavy atom. The van der Waals surface area contributed by atoms with Crippen molar-refractivity contribution in [2.75, 3.05) is 26.7 Å². The van der Waals surface area contributed by atoms with E-state index < -0.39 is 5.54 Å². The Balaban J connectivity index is 2.05. The van der Waals surface area contributed by atoms with Gasteiger partial charge in [0.1, 0.15) is 0 Å². The lowest BCUT2D eigenvalue weighted by molar-refractivity contribution is -0.147. The SMILES string of the molecule is CN1CCN(Cc2ccc(C#CCCO)s2)C(C)(C)C1=O. The normalized spacial score (nSPS) is 18.5. The van der Waals surface area contributed by atoms with E-state index in [0.29, 0.717) is 6.42 Å². The van der Waals surface area contributed by atoms with Crippen LogP contribution in [0, 0.1) is 11.8 Å². The van der Waals surface area contributed by atoms with Crippen LogP contribution in [-0.4, -0.2) is 53.1 Å². The monoisotopic (exact) mass is 306 g/mol. The third kappa shape index (κ3) is 3.65. The van der Waals surface area contributed by atoms with E-state index in [1.54, 1.807) is 16.2 Å². The van der Waals surface area contributed by atoms with Gasteiger partial charge in [-0.25, -0.2) is 0 Å². The summed E-state index contributed by atoms with van der Waals surface area (Å²) in [6, 6.07) is 4.09. The average Bonchev–Trinajstić information content (AvgIpc) is 2.88. The molecule has 1 aliphatic heterocycles. The Labute approximate surface area is 130 Å². The molecule has 1 fully saturated rings. The number of thiophene rings is 1. The van der Waals surface area contributed by atoms with Crippen molar-refractivity contribution in [3.8, 4) is 11.8 Å². The number of hydrogen-bond donors (Lipinski definition) is 1. The quantitative estimate of drug-likeness (QED) is 0.862. The van der Waals surface area contributed by atoms with Crippen LogP contribution in [0.2, 0.25) is 0 Å². The van der Waals surface area contributed by atoms with Gasteiger partial charge in [0.2, 0.25) is 5.91 Å². The van der Waals surface area contributed by atoms with Gasteiger partial charge in [-0.1, -0.05) is 11.8 Å². The van der Waals surface area contributed by atoms with Crippen molar-refractivity contribution in [3.05, 3.63) is 21.9 Å². The second-order valence-electron chi connectivity index (χ2n) is 5.75. The van der Waals surface area contributed by atoms with Gasteiger partial charge in [0.15, 0.2) is 0 Å². The van der Waals surface area contributed by atoms with Crippen LogP contribution in [0.4, 0.5) is 0 Å². The van der Waals surface area contributed by atoms with Crippen LogP contribution in [0.25, 0.3) is 0 Å². The van der Waals surface area contributed by atoms with Crippen LogP contribution < -0.4 is 0 Å². The van der Waals surface area contributed by atoms with E-state index in [9.17, 15) is 4.79 Å². The largest absolute Gasteiger partial charge is 0.395 e. The predicted octanol–water partition coefficient (Wildman–Crippen LogP) is 1.53. The fourth-order valence-corrected chi connectivity index (χ4v) is 3.35. The molecule has 1 aliphatic rings. The molecule has 0 atom stereocenters. The van der Waals surface area contributed by atoms with Crippen molar-refractivity contribution in [3.63, 3.8) is 0 Å². The van der Waals surface area contributed by atoms with Crippen LogP contribution in [-0.2, 0) is 11.3 Å². The molecule has 114 valence electrons. The van der Waals surface area contributed by atoms with Gasteiger partial charge in [-0.3, -0.25) is 9.69 Å². The first-order chi connectivity index (χ1) is 9.95. The van der Waals surface area contributed by atoms with Gasteiger partial charge in [-0.05, 0) is 26.0 Å². The molecule has 0 aromatic carbocycles. The lowest BCUT2D eigenvalue weighted by Crippen LogP contribution is -2.61. The number of amides is 1. The molecule has 0 bridgehead atoms. The molecule has 0 spiro atoms. The van der Waals surface area contributed by atoms with Gasteiger partial charge in [0.05, 0.1) is 17.0 Å². The standard InChI is InChI=1S/C16H22N2O2S/c1-16(2)15(20)17(3)9-10-18(16)12-14-8-7-13(21-14)6-4-5-11-19/h7-8,19H,5,9-12H2,1-3H3. The highest BCUT2D eigenvalue weighted by Gasteiger charge is 2.40. The fourth-order valence-electron chi connectivity index (χ4n) is 2.45. The predicted molar refractivity (Wildman–Crippen MR) is 85.0 cm³/mol. The van der Waals surface area contributed by atoms with Crippen LogP contribution in [0.5, 0.6) is 0 Å². The van der Waals surface area contributed by atoms with E-state index in [1.165, 1.54) is 4.88 Å². The molecule has 1 saturated heterocycles. The molecule has 0 radical (unpaired) electrons. The molecule has 2 heterocycles. The molecular weight excluding hydrogens is 284 g/mol. The zero-order chi connectivity index (χ0) is 15.5. The maximum absolute atomic E-state index is 12.3. The highest BCUT2D eigenvalue weighted by atomic mass is 32.1. The number of aliphatic hydroxyl groups excluding tert-OH is 1. The molecule has 21 heavy (non-hydrogen) atoms. The van der Waals surface area contributed by atoms with E-state index >= 15 is 0 Å². The number of carbonyl (C=O) groups is 1. The Kier molecular flexibility index (Phi) is 5.04. The summed E-state index contributed by atoms with van der Waals surface area (Å²) in [5.41, 5.74) is -0.459. The molecule has 1 aromatic heterocycles. The second kappa shape index (κ2) is 6.61. The number of rotatable bonds is 3. The summed E-state index contributed by atoms with van der Waals surface area (Å²) in [6.07, 6.45) is 0.507. The van der Waals surface area contributed by atoms with Crippen LogP contribution in [0.15, 0.2) is 12.1 Å². The van der Waals surface area contributed by atoms with Gasteiger partial charge in [-0.2, -0.15) is 0 Å². The minimum absolute atomic E-state index is 0.100. The molecule has 0 saturated carbocycles. The molecule has 4 nitrogen and oxygen atoms in total. The van der Waals surface area contributed by atoms with Gasteiger partial charge >= 0.3 is 0 Å². The van der Waals surface area contributed by atoms with Gasteiger partial charge in [0.25, 0.3) is 0 Å². The lowest BCUT2D eigenvalue weighted by atomic mass is 9.98. The Morgan fingerprint density at radius 2 is 2.14 bits per heavy atom. The van der Waals surface area contributed by atoms with Crippen molar-refractivity contribution in [2.45, 2.75) is 32.4 Å². The highest BCUT2D eigenvalue weighted by molar-refractivity contribution is 7.12. The topological polar surface area (TPSA) is 43.8 Å².